The molecule has 0 aliphatic rings. The van der Waals surface area contributed by atoms with E-state index in [-0.39, 0.29) is 0 Å². The number of rotatable bonds is 2. The van der Waals surface area contributed by atoms with E-state index in [1.165, 1.54) is 16.3 Å². The smallest absolute Gasteiger partial charge is 0.0784 e. The summed E-state index contributed by atoms with van der Waals surface area (Å²) in [5.41, 5.74) is 3.70. The van der Waals surface area contributed by atoms with Crippen LogP contribution in [0, 0.1) is 6.92 Å². The quantitative estimate of drug-likeness (QED) is 0.732. The Morgan fingerprint density at radius 1 is 1.00 bits per heavy atom. The first kappa shape index (κ1) is 12.1. The summed E-state index contributed by atoms with van der Waals surface area (Å²) >= 11 is 0. The fourth-order valence-electron chi connectivity index (χ4n) is 2.05. The summed E-state index contributed by atoms with van der Waals surface area (Å²) in [7, 11) is -1.32. The van der Waals surface area contributed by atoms with Gasteiger partial charge in [0, 0.05) is 6.20 Å². The number of aromatic nitrogens is 1. The molecule has 1 nitrogen and oxygen atoms in total. The molecule has 0 saturated carbocycles. The minimum atomic E-state index is -1.32. The van der Waals surface area contributed by atoms with Crippen molar-refractivity contribution in [3.8, 4) is 11.3 Å². The third kappa shape index (κ3) is 2.64. The van der Waals surface area contributed by atoms with Gasteiger partial charge in [0.1, 0.15) is 0 Å². The lowest BCUT2D eigenvalue weighted by Gasteiger charge is -2.21. The van der Waals surface area contributed by atoms with Gasteiger partial charge in [-0.3, -0.25) is 4.98 Å². The van der Waals surface area contributed by atoms with Gasteiger partial charge in [0.05, 0.1) is 13.8 Å². The SMILES string of the molecule is Cc1ccc([Si](C)(C)C)c(-c2ccccn2)c1. The third-order valence-corrected chi connectivity index (χ3v) is 4.98. The summed E-state index contributed by atoms with van der Waals surface area (Å²) in [5, 5.41) is 1.49. The second-order valence-corrected chi connectivity index (χ2v) is 10.6. The highest BCUT2D eigenvalue weighted by atomic mass is 28.3. The number of nitrogens with zero attached hydrogens (tertiary/aromatic N) is 1. The summed E-state index contributed by atoms with van der Waals surface area (Å²) < 4.78 is 0. The lowest BCUT2D eigenvalue weighted by atomic mass is 10.1. The van der Waals surface area contributed by atoms with Gasteiger partial charge in [-0.05, 0) is 30.7 Å². The predicted octanol–water partition coefficient (Wildman–Crippen LogP) is 3.60. The average Bonchev–Trinajstić information content (AvgIpc) is 2.28. The van der Waals surface area contributed by atoms with E-state index in [0.717, 1.165) is 5.69 Å². The molecule has 1 aromatic heterocycles. The second kappa shape index (κ2) is 4.45. The van der Waals surface area contributed by atoms with Gasteiger partial charge >= 0.3 is 0 Å². The van der Waals surface area contributed by atoms with Crippen molar-refractivity contribution in [2.45, 2.75) is 26.6 Å². The molecule has 1 aromatic carbocycles. The van der Waals surface area contributed by atoms with E-state index in [2.05, 4.69) is 61.9 Å². The van der Waals surface area contributed by atoms with E-state index >= 15 is 0 Å². The van der Waals surface area contributed by atoms with E-state index < -0.39 is 8.07 Å². The van der Waals surface area contributed by atoms with Crippen LogP contribution in [-0.2, 0) is 0 Å². The minimum Gasteiger partial charge on any atom is -0.256 e. The fraction of sp³-hybridized carbons (Fsp3) is 0.267. The number of hydrogen-bond donors (Lipinski definition) is 0. The first-order valence-corrected chi connectivity index (χ1v) is 9.51. The fourth-order valence-corrected chi connectivity index (χ4v) is 3.64. The Hall–Kier alpha value is -1.41. The lowest BCUT2D eigenvalue weighted by Crippen LogP contribution is -2.39. The number of pyridine rings is 1. The van der Waals surface area contributed by atoms with E-state index in [9.17, 15) is 0 Å². The Morgan fingerprint density at radius 3 is 2.35 bits per heavy atom. The monoisotopic (exact) mass is 241 g/mol. The van der Waals surface area contributed by atoms with Crippen LogP contribution in [-0.4, -0.2) is 13.1 Å². The Labute approximate surface area is 105 Å². The van der Waals surface area contributed by atoms with Crippen molar-refractivity contribution in [3.63, 3.8) is 0 Å². The molecule has 0 unspecified atom stereocenters. The van der Waals surface area contributed by atoms with Crippen molar-refractivity contribution >= 4 is 13.3 Å². The van der Waals surface area contributed by atoms with Crippen molar-refractivity contribution in [2.75, 3.05) is 0 Å². The summed E-state index contributed by atoms with van der Waals surface area (Å²) in [6, 6.07) is 12.9. The molecule has 0 saturated heterocycles. The van der Waals surface area contributed by atoms with E-state index in [1.807, 2.05) is 12.3 Å². The van der Waals surface area contributed by atoms with Crippen LogP contribution < -0.4 is 5.19 Å². The van der Waals surface area contributed by atoms with Gasteiger partial charge in [0.2, 0.25) is 0 Å². The van der Waals surface area contributed by atoms with Gasteiger partial charge in [-0.25, -0.2) is 0 Å². The van der Waals surface area contributed by atoms with Crippen molar-refractivity contribution in [1.82, 2.24) is 4.98 Å². The van der Waals surface area contributed by atoms with Gasteiger partial charge in [-0.2, -0.15) is 0 Å². The largest absolute Gasteiger partial charge is 0.256 e. The zero-order valence-electron chi connectivity index (χ0n) is 11.0. The zero-order valence-corrected chi connectivity index (χ0v) is 12.0. The second-order valence-electron chi connectivity index (χ2n) is 5.51. The van der Waals surface area contributed by atoms with Crippen LogP contribution in [0.5, 0.6) is 0 Å². The molecular weight excluding hydrogens is 222 g/mol. The molecule has 0 fully saturated rings. The molecule has 88 valence electrons. The number of aryl methyl sites for hydroxylation is 1. The van der Waals surface area contributed by atoms with E-state index in [0.29, 0.717) is 0 Å². The third-order valence-electron chi connectivity index (χ3n) is 2.92. The van der Waals surface area contributed by atoms with E-state index in [1.54, 1.807) is 0 Å². The Kier molecular flexibility index (Phi) is 3.16. The van der Waals surface area contributed by atoms with Crippen LogP contribution in [0.3, 0.4) is 0 Å². The summed E-state index contributed by atoms with van der Waals surface area (Å²) in [5.74, 6) is 0. The Morgan fingerprint density at radius 2 is 1.76 bits per heavy atom. The zero-order chi connectivity index (χ0) is 12.5. The van der Waals surface area contributed by atoms with Gasteiger partial charge in [0.15, 0.2) is 0 Å². The maximum absolute atomic E-state index is 4.49. The van der Waals surface area contributed by atoms with Crippen LogP contribution in [0.1, 0.15) is 5.56 Å². The van der Waals surface area contributed by atoms with Crippen LogP contribution in [0.25, 0.3) is 11.3 Å². The van der Waals surface area contributed by atoms with E-state index in [4.69, 9.17) is 0 Å². The molecule has 0 spiro atoms. The van der Waals surface area contributed by atoms with Crippen LogP contribution in [0.2, 0.25) is 19.6 Å². The molecule has 0 radical (unpaired) electrons. The van der Waals surface area contributed by atoms with Gasteiger partial charge in [-0.15, -0.1) is 0 Å². The normalized spacial score (nSPS) is 11.5. The number of benzene rings is 1. The van der Waals surface area contributed by atoms with Gasteiger partial charge in [-0.1, -0.05) is 48.6 Å². The molecule has 2 rings (SSSR count). The molecule has 2 heteroatoms. The molecule has 2 aromatic rings. The summed E-state index contributed by atoms with van der Waals surface area (Å²) in [6.45, 7) is 9.28. The summed E-state index contributed by atoms with van der Waals surface area (Å²) in [6.07, 6.45) is 1.87. The topological polar surface area (TPSA) is 12.9 Å². The van der Waals surface area contributed by atoms with Crippen molar-refractivity contribution in [1.29, 1.82) is 0 Å². The maximum Gasteiger partial charge on any atom is 0.0784 e. The summed E-state index contributed by atoms with van der Waals surface area (Å²) in [4.78, 5) is 4.49. The van der Waals surface area contributed by atoms with Crippen molar-refractivity contribution in [3.05, 3.63) is 48.2 Å². The molecule has 0 amide bonds. The Bertz CT molecular complexity index is 512. The highest BCUT2D eigenvalue weighted by molar-refractivity contribution is 6.89. The highest BCUT2D eigenvalue weighted by Crippen LogP contribution is 2.19. The standard InChI is InChI=1S/C15H19NSi/c1-12-8-9-15(17(2,3)4)13(11-12)14-7-5-6-10-16-14/h5-11H,1-4H3. The molecule has 0 aliphatic carbocycles. The molecule has 0 N–H and O–H groups in total. The van der Waals surface area contributed by atoms with Gasteiger partial charge < -0.3 is 0 Å². The first-order valence-electron chi connectivity index (χ1n) is 6.01. The van der Waals surface area contributed by atoms with Crippen molar-refractivity contribution in [2.24, 2.45) is 0 Å². The Balaban J connectivity index is 2.64. The van der Waals surface area contributed by atoms with Gasteiger partial charge in [0.25, 0.3) is 0 Å². The lowest BCUT2D eigenvalue weighted by molar-refractivity contribution is 1.32. The molecule has 0 bridgehead atoms. The predicted molar refractivity (Wildman–Crippen MR) is 77.4 cm³/mol. The number of hydrogen-bond acceptors (Lipinski definition) is 1. The molecule has 0 atom stereocenters. The minimum absolute atomic E-state index is 1.09. The van der Waals surface area contributed by atoms with Crippen LogP contribution in [0.4, 0.5) is 0 Å². The van der Waals surface area contributed by atoms with Crippen molar-refractivity contribution < 1.29 is 0 Å². The molecule has 17 heavy (non-hydrogen) atoms. The maximum atomic E-state index is 4.49. The average molecular weight is 241 g/mol. The van der Waals surface area contributed by atoms with Crippen LogP contribution in [0.15, 0.2) is 42.6 Å². The van der Waals surface area contributed by atoms with Crippen LogP contribution >= 0.6 is 0 Å². The molecular formula is C15H19NSi. The molecule has 1 heterocycles. The highest BCUT2D eigenvalue weighted by Gasteiger charge is 2.21. The molecule has 0 aliphatic heterocycles. The first-order chi connectivity index (χ1) is 7.98.